The van der Waals surface area contributed by atoms with Crippen LogP contribution in [0.5, 0.6) is 0 Å². The molecule has 90 valence electrons. The smallest absolute Gasteiger partial charge is 0.0104 e. The van der Waals surface area contributed by atoms with Gasteiger partial charge in [0.1, 0.15) is 0 Å². The van der Waals surface area contributed by atoms with Crippen LogP contribution in [0.25, 0.3) is 0 Å². The highest BCUT2D eigenvalue weighted by Crippen LogP contribution is 2.50. The van der Waals surface area contributed by atoms with Crippen molar-refractivity contribution < 1.29 is 0 Å². The van der Waals surface area contributed by atoms with Crippen molar-refractivity contribution in [3.63, 3.8) is 0 Å². The lowest BCUT2D eigenvalue weighted by molar-refractivity contribution is 0.417. The van der Waals surface area contributed by atoms with Crippen molar-refractivity contribution in [3.05, 3.63) is 0 Å². The Morgan fingerprint density at radius 2 is 1.60 bits per heavy atom. The molecule has 1 atom stereocenters. The van der Waals surface area contributed by atoms with Crippen LogP contribution in [-0.4, -0.2) is 16.9 Å². The molecule has 0 aromatic carbocycles. The minimum absolute atomic E-state index is 0.0336. The van der Waals surface area contributed by atoms with Crippen molar-refractivity contribution >= 4 is 8.07 Å². The molecule has 0 amide bonds. The zero-order chi connectivity index (χ0) is 11.5. The van der Waals surface area contributed by atoms with Crippen LogP contribution in [-0.2, 0) is 0 Å². The summed E-state index contributed by atoms with van der Waals surface area (Å²) in [6.45, 7) is 11.9. The molecule has 2 heteroatoms. The van der Waals surface area contributed by atoms with Crippen LogP contribution >= 0.6 is 8.07 Å². The van der Waals surface area contributed by atoms with Gasteiger partial charge in [-0.25, -0.2) is 0 Å². The molecule has 1 N–H and O–H groups in total. The molecule has 0 aromatic rings. The van der Waals surface area contributed by atoms with Crippen molar-refractivity contribution in [2.24, 2.45) is 0 Å². The van der Waals surface area contributed by atoms with Crippen molar-refractivity contribution in [2.75, 3.05) is 0 Å². The molecule has 1 aliphatic rings. The third-order valence-corrected chi connectivity index (χ3v) is 6.29. The lowest BCUT2D eigenvalue weighted by Crippen LogP contribution is -2.35. The average Bonchev–Trinajstić information content (AvgIpc) is 2.13. The van der Waals surface area contributed by atoms with E-state index in [1.54, 1.807) is 0 Å². The summed E-state index contributed by atoms with van der Waals surface area (Å²) in [5.74, 6) is 0. The lowest BCUT2D eigenvalue weighted by atomic mass is 9.96. The first-order chi connectivity index (χ1) is 6.91. The van der Waals surface area contributed by atoms with Gasteiger partial charge in [-0.3, -0.25) is 5.09 Å². The standard InChI is InChI=1S/C13H28NP/c1-11(2)15(13(3,4)5)14-12-9-7-6-8-10-12/h11-12,14H,6-10H2,1-5H3. The predicted octanol–water partition coefficient (Wildman–Crippen LogP) is 4.51. The normalized spacial score (nSPS) is 22.0. The van der Waals surface area contributed by atoms with Gasteiger partial charge in [-0.15, -0.1) is 0 Å². The maximum atomic E-state index is 3.96. The zero-order valence-corrected chi connectivity index (χ0v) is 12.0. The van der Waals surface area contributed by atoms with Gasteiger partial charge in [0.15, 0.2) is 0 Å². The Kier molecular flexibility index (Phi) is 5.06. The van der Waals surface area contributed by atoms with E-state index >= 15 is 0 Å². The Bertz CT molecular complexity index is 177. The van der Waals surface area contributed by atoms with Crippen LogP contribution in [0, 0.1) is 0 Å². The van der Waals surface area contributed by atoms with E-state index in [-0.39, 0.29) is 8.07 Å². The minimum Gasteiger partial charge on any atom is -0.292 e. The van der Waals surface area contributed by atoms with E-state index in [0.29, 0.717) is 5.16 Å². The van der Waals surface area contributed by atoms with Gasteiger partial charge in [0.2, 0.25) is 0 Å². The highest BCUT2D eigenvalue weighted by atomic mass is 31.1. The van der Waals surface area contributed by atoms with Gasteiger partial charge < -0.3 is 0 Å². The second kappa shape index (κ2) is 5.64. The van der Waals surface area contributed by atoms with Crippen LogP contribution < -0.4 is 5.09 Å². The summed E-state index contributed by atoms with van der Waals surface area (Å²) in [4.78, 5) is 0. The third-order valence-electron chi connectivity index (χ3n) is 3.17. The fourth-order valence-corrected chi connectivity index (χ4v) is 5.43. The van der Waals surface area contributed by atoms with E-state index in [1.165, 1.54) is 32.1 Å². The van der Waals surface area contributed by atoms with E-state index < -0.39 is 0 Å². The molecule has 1 fully saturated rings. The first-order valence-corrected chi connectivity index (χ1v) is 7.88. The first kappa shape index (κ1) is 13.5. The van der Waals surface area contributed by atoms with Crippen LogP contribution in [0.2, 0.25) is 0 Å². The van der Waals surface area contributed by atoms with Gasteiger partial charge in [0, 0.05) is 6.04 Å². The molecule has 0 aromatic heterocycles. The molecule has 0 saturated heterocycles. The topological polar surface area (TPSA) is 12.0 Å². The fraction of sp³-hybridized carbons (Fsp3) is 1.00. The second-order valence-electron chi connectivity index (χ2n) is 6.10. The van der Waals surface area contributed by atoms with Gasteiger partial charge in [0.05, 0.1) is 0 Å². The Labute approximate surface area is 97.2 Å². The van der Waals surface area contributed by atoms with E-state index in [4.69, 9.17) is 0 Å². The number of hydrogen-bond donors (Lipinski definition) is 1. The number of nitrogens with one attached hydrogen (secondary N) is 1. The molecule has 1 rings (SSSR count). The van der Waals surface area contributed by atoms with E-state index in [0.717, 1.165) is 11.7 Å². The van der Waals surface area contributed by atoms with Crippen LogP contribution in [0.1, 0.15) is 66.7 Å². The predicted molar refractivity (Wildman–Crippen MR) is 71.8 cm³/mol. The summed E-state index contributed by atoms with van der Waals surface area (Å²) in [5, 5.41) is 4.41. The third kappa shape index (κ3) is 4.41. The molecule has 0 aliphatic heterocycles. The summed E-state index contributed by atoms with van der Waals surface area (Å²) in [6.07, 6.45) is 7.13. The van der Waals surface area contributed by atoms with E-state index in [1.807, 2.05) is 0 Å². The van der Waals surface area contributed by atoms with Crippen molar-refractivity contribution in [1.82, 2.24) is 5.09 Å². The summed E-state index contributed by atoms with van der Waals surface area (Å²) in [6, 6.07) is 0.812. The quantitative estimate of drug-likeness (QED) is 0.702. The molecule has 0 spiro atoms. The van der Waals surface area contributed by atoms with Crippen molar-refractivity contribution in [1.29, 1.82) is 0 Å². The van der Waals surface area contributed by atoms with Gasteiger partial charge in [-0.2, -0.15) is 0 Å². The van der Waals surface area contributed by atoms with Gasteiger partial charge in [-0.1, -0.05) is 53.9 Å². The molecule has 1 aliphatic carbocycles. The van der Waals surface area contributed by atoms with E-state index in [9.17, 15) is 0 Å². The summed E-state index contributed by atoms with van der Waals surface area (Å²) < 4.78 is 0. The summed E-state index contributed by atoms with van der Waals surface area (Å²) in [7, 11) is -0.0336. The Balaban J connectivity index is 2.50. The average molecular weight is 229 g/mol. The lowest BCUT2D eigenvalue weighted by Gasteiger charge is -2.39. The maximum Gasteiger partial charge on any atom is 0.0104 e. The van der Waals surface area contributed by atoms with Crippen LogP contribution in [0.15, 0.2) is 0 Å². The van der Waals surface area contributed by atoms with E-state index in [2.05, 4.69) is 39.7 Å². The zero-order valence-electron chi connectivity index (χ0n) is 11.1. The summed E-state index contributed by atoms with van der Waals surface area (Å²) >= 11 is 0. The van der Waals surface area contributed by atoms with Crippen LogP contribution in [0.3, 0.4) is 0 Å². The monoisotopic (exact) mass is 229 g/mol. The molecule has 1 unspecified atom stereocenters. The SMILES string of the molecule is CC(C)P(NC1CCCCC1)C(C)(C)C. The van der Waals surface area contributed by atoms with Crippen molar-refractivity contribution in [2.45, 2.75) is 83.6 Å². The Morgan fingerprint density at radius 3 is 2.00 bits per heavy atom. The number of rotatable bonds is 3. The van der Waals surface area contributed by atoms with Gasteiger partial charge in [-0.05, 0) is 31.7 Å². The fourth-order valence-electron chi connectivity index (χ4n) is 2.55. The molecule has 0 bridgehead atoms. The van der Waals surface area contributed by atoms with Gasteiger partial charge in [0.25, 0.3) is 0 Å². The number of hydrogen-bond acceptors (Lipinski definition) is 1. The molecule has 0 heterocycles. The Morgan fingerprint density at radius 1 is 1.07 bits per heavy atom. The molecular formula is C13H28NP. The van der Waals surface area contributed by atoms with Gasteiger partial charge >= 0.3 is 0 Å². The highest BCUT2D eigenvalue weighted by molar-refractivity contribution is 7.57. The molecular weight excluding hydrogens is 201 g/mol. The Hall–Kier alpha value is 0.390. The van der Waals surface area contributed by atoms with Crippen LogP contribution in [0.4, 0.5) is 0 Å². The van der Waals surface area contributed by atoms with Crippen molar-refractivity contribution in [3.8, 4) is 0 Å². The molecule has 15 heavy (non-hydrogen) atoms. The molecule has 1 saturated carbocycles. The summed E-state index contributed by atoms with van der Waals surface area (Å²) in [5.41, 5.74) is 0.793. The molecule has 1 nitrogen and oxygen atoms in total. The minimum atomic E-state index is -0.0336. The largest absolute Gasteiger partial charge is 0.292 e. The highest BCUT2D eigenvalue weighted by Gasteiger charge is 2.29. The second-order valence-corrected chi connectivity index (χ2v) is 9.47. The maximum absolute atomic E-state index is 3.96. The molecule has 0 radical (unpaired) electrons. The first-order valence-electron chi connectivity index (χ1n) is 6.47.